The van der Waals surface area contributed by atoms with E-state index >= 15 is 0 Å². The normalized spacial score (nSPS) is 26.3. The molecule has 5 heteroatoms. The molecule has 0 aliphatic carbocycles. The number of carbonyl (C=O) groups excluding carboxylic acids is 1. The Labute approximate surface area is 115 Å². The van der Waals surface area contributed by atoms with Crippen LogP contribution in [-0.4, -0.2) is 46.2 Å². The Bertz CT molecular complexity index is 346. The topological polar surface area (TPSA) is 59.0 Å². The fraction of sp³-hybridized carbons (Fsp3) is 0.786. The van der Waals surface area contributed by atoms with Crippen LogP contribution in [0.1, 0.15) is 41.0 Å². The molecule has 19 heavy (non-hydrogen) atoms. The molecule has 0 aromatic heterocycles. The van der Waals surface area contributed by atoms with E-state index in [1.807, 2.05) is 20.8 Å². The first-order chi connectivity index (χ1) is 8.62. The molecule has 2 atom stereocenters. The van der Waals surface area contributed by atoms with E-state index in [-0.39, 0.29) is 12.7 Å². The van der Waals surface area contributed by atoms with Gasteiger partial charge in [0.1, 0.15) is 11.3 Å². The third-order valence-electron chi connectivity index (χ3n) is 2.96. The minimum Gasteiger partial charge on any atom is -0.444 e. The van der Waals surface area contributed by atoms with Gasteiger partial charge in [-0.1, -0.05) is 6.08 Å². The van der Waals surface area contributed by atoms with Crippen LogP contribution in [0.25, 0.3) is 0 Å². The minimum atomic E-state index is -0.802. The molecular formula is C14H25NO4. The Morgan fingerprint density at radius 1 is 1.53 bits per heavy atom. The van der Waals surface area contributed by atoms with Gasteiger partial charge in [0, 0.05) is 0 Å². The zero-order valence-electron chi connectivity index (χ0n) is 12.5. The largest absolute Gasteiger partial charge is 0.444 e. The van der Waals surface area contributed by atoms with Gasteiger partial charge in [-0.05, 0) is 41.0 Å². The highest BCUT2D eigenvalue weighted by Gasteiger charge is 2.50. The smallest absolute Gasteiger partial charge is 0.412 e. The van der Waals surface area contributed by atoms with Gasteiger partial charge in [0.2, 0.25) is 0 Å². The van der Waals surface area contributed by atoms with Crippen LogP contribution in [0.4, 0.5) is 4.79 Å². The summed E-state index contributed by atoms with van der Waals surface area (Å²) >= 11 is 0. The number of amides is 1. The summed E-state index contributed by atoms with van der Waals surface area (Å²) in [4.78, 5) is 13.8. The summed E-state index contributed by atoms with van der Waals surface area (Å²) in [5.41, 5.74) is -1.38. The van der Waals surface area contributed by atoms with Crippen molar-refractivity contribution < 1.29 is 19.4 Å². The SMILES string of the molecule is C=CC[C@H]1OC(C)(C)N(C(=O)OC(C)(C)C)[C@H]1CO. The van der Waals surface area contributed by atoms with Crippen LogP contribution in [0.5, 0.6) is 0 Å². The molecule has 0 bridgehead atoms. The van der Waals surface area contributed by atoms with E-state index < -0.39 is 23.5 Å². The molecule has 1 rings (SSSR count). The molecule has 110 valence electrons. The van der Waals surface area contributed by atoms with Crippen molar-refractivity contribution >= 4 is 6.09 Å². The summed E-state index contributed by atoms with van der Waals surface area (Å²) in [6.07, 6.45) is 1.57. The maximum absolute atomic E-state index is 12.3. The van der Waals surface area contributed by atoms with Gasteiger partial charge in [-0.2, -0.15) is 0 Å². The lowest BCUT2D eigenvalue weighted by Crippen LogP contribution is -2.51. The van der Waals surface area contributed by atoms with Crippen molar-refractivity contribution in [2.75, 3.05) is 6.61 Å². The van der Waals surface area contributed by atoms with Gasteiger partial charge in [0.15, 0.2) is 0 Å². The third kappa shape index (κ3) is 3.70. The lowest BCUT2D eigenvalue weighted by Gasteiger charge is -2.34. The second-order valence-electron chi connectivity index (χ2n) is 6.23. The maximum atomic E-state index is 12.3. The van der Waals surface area contributed by atoms with E-state index in [1.165, 1.54) is 4.90 Å². The molecule has 1 N–H and O–H groups in total. The lowest BCUT2D eigenvalue weighted by atomic mass is 10.1. The molecule has 1 amide bonds. The molecule has 1 aliphatic heterocycles. The predicted octanol–water partition coefficient (Wildman–Crippen LogP) is 2.30. The Morgan fingerprint density at radius 3 is 2.53 bits per heavy atom. The number of ether oxygens (including phenoxy) is 2. The molecular weight excluding hydrogens is 246 g/mol. The number of hydrogen-bond acceptors (Lipinski definition) is 4. The quantitative estimate of drug-likeness (QED) is 0.800. The van der Waals surface area contributed by atoms with E-state index in [0.29, 0.717) is 6.42 Å². The number of rotatable bonds is 3. The standard InChI is InChI=1S/C14H25NO4/c1-7-8-11-10(9-16)15(14(5,6)18-11)12(17)19-13(2,3)4/h7,10-11,16H,1,8-9H2,2-6H3/t10-,11+/m0/s1. The van der Waals surface area contributed by atoms with Gasteiger partial charge in [-0.3, -0.25) is 4.90 Å². The van der Waals surface area contributed by atoms with Crippen molar-refractivity contribution in [2.24, 2.45) is 0 Å². The summed E-state index contributed by atoms with van der Waals surface area (Å²) in [6.45, 7) is 12.5. The van der Waals surface area contributed by atoms with Crippen LogP contribution in [0.15, 0.2) is 12.7 Å². The molecule has 5 nitrogen and oxygen atoms in total. The van der Waals surface area contributed by atoms with Gasteiger partial charge in [0.05, 0.1) is 18.8 Å². The highest BCUT2D eigenvalue weighted by atomic mass is 16.6. The molecule has 1 heterocycles. The van der Waals surface area contributed by atoms with Gasteiger partial charge in [0.25, 0.3) is 0 Å². The first-order valence-electron chi connectivity index (χ1n) is 6.54. The predicted molar refractivity (Wildman–Crippen MR) is 72.7 cm³/mol. The second kappa shape index (κ2) is 5.51. The van der Waals surface area contributed by atoms with Crippen LogP contribution < -0.4 is 0 Å². The number of nitrogens with zero attached hydrogens (tertiary/aromatic N) is 1. The Hall–Kier alpha value is -1.07. The third-order valence-corrected chi connectivity index (χ3v) is 2.96. The Balaban J connectivity index is 2.95. The molecule has 0 aromatic rings. The highest BCUT2D eigenvalue weighted by Crippen LogP contribution is 2.34. The fourth-order valence-electron chi connectivity index (χ4n) is 2.31. The van der Waals surface area contributed by atoms with Crippen LogP contribution in [0.3, 0.4) is 0 Å². The van der Waals surface area contributed by atoms with Gasteiger partial charge < -0.3 is 14.6 Å². The zero-order chi connectivity index (χ0) is 14.8. The van der Waals surface area contributed by atoms with Crippen LogP contribution >= 0.6 is 0 Å². The summed E-state index contributed by atoms with van der Waals surface area (Å²) in [5.74, 6) is 0. The average Bonchev–Trinajstić information content (AvgIpc) is 2.46. The van der Waals surface area contributed by atoms with Crippen molar-refractivity contribution in [3.63, 3.8) is 0 Å². The molecule has 0 unspecified atom stereocenters. The van der Waals surface area contributed by atoms with Crippen molar-refractivity contribution in [2.45, 2.75) is 64.5 Å². The summed E-state index contributed by atoms with van der Waals surface area (Å²) in [7, 11) is 0. The molecule has 0 saturated carbocycles. The van der Waals surface area contributed by atoms with Crippen molar-refractivity contribution in [3.05, 3.63) is 12.7 Å². The molecule has 0 aromatic carbocycles. The van der Waals surface area contributed by atoms with E-state index in [2.05, 4.69) is 6.58 Å². The Morgan fingerprint density at radius 2 is 2.11 bits per heavy atom. The molecule has 0 radical (unpaired) electrons. The first kappa shape index (κ1) is 16.0. The Kier molecular flexibility index (Phi) is 4.63. The lowest BCUT2D eigenvalue weighted by molar-refractivity contribution is -0.0784. The van der Waals surface area contributed by atoms with Gasteiger partial charge in [-0.25, -0.2) is 4.79 Å². The first-order valence-corrected chi connectivity index (χ1v) is 6.54. The number of aliphatic hydroxyl groups is 1. The number of carbonyl (C=O) groups is 1. The van der Waals surface area contributed by atoms with E-state index in [9.17, 15) is 9.90 Å². The number of aliphatic hydroxyl groups excluding tert-OH is 1. The van der Waals surface area contributed by atoms with Crippen LogP contribution in [-0.2, 0) is 9.47 Å². The van der Waals surface area contributed by atoms with E-state index in [0.717, 1.165) is 0 Å². The summed E-state index contributed by atoms with van der Waals surface area (Å²) in [6, 6.07) is -0.414. The average molecular weight is 271 g/mol. The minimum absolute atomic E-state index is 0.165. The van der Waals surface area contributed by atoms with E-state index in [4.69, 9.17) is 9.47 Å². The van der Waals surface area contributed by atoms with Gasteiger partial charge in [-0.15, -0.1) is 6.58 Å². The van der Waals surface area contributed by atoms with Crippen molar-refractivity contribution in [1.29, 1.82) is 0 Å². The number of hydrogen-bond donors (Lipinski definition) is 1. The monoisotopic (exact) mass is 271 g/mol. The maximum Gasteiger partial charge on any atom is 0.412 e. The van der Waals surface area contributed by atoms with Crippen LogP contribution in [0.2, 0.25) is 0 Å². The van der Waals surface area contributed by atoms with Gasteiger partial charge >= 0.3 is 6.09 Å². The fourth-order valence-corrected chi connectivity index (χ4v) is 2.31. The van der Waals surface area contributed by atoms with E-state index in [1.54, 1.807) is 19.9 Å². The van der Waals surface area contributed by atoms with Crippen molar-refractivity contribution in [1.82, 2.24) is 4.90 Å². The molecule has 0 spiro atoms. The second-order valence-corrected chi connectivity index (χ2v) is 6.23. The summed E-state index contributed by atoms with van der Waals surface area (Å²) in [5, 5.41) is 9.55. The highest BCUT2D eigenvalue weighted by molar-refractivity contribution is 5.70. The molecule has 1 fully saturated rings. The van der Waals surface area contributed by atoms with Crippen LogP contribution in [0, 0.1) is 0 Å². The summed E-state index contributed by atoms with van der Waals surface area (Å²) < 4.78 is 11.2. The van der Waals surface area contributed by atoms with Crippen molar-refractivity contribution in [3.8, 4) is 0 Å². The zero-order valence-corrected chi connectivity index (χ0v) is 12.5. The molecule has 1 saturated heterocycles. The molecule has 1 aliphatic rings.